The molecule has 26 heavy (non-hydrogen) atoms. The quantitative estimate of drug-likeness (QED) is 0.628. The molecule has 0 saturated heterocycles. The molecule has 0 radical (unpaired) electrons. The fraction of sp³-hybridized carbons (Fsp3) is 0.333. The second kappa shape index (κ2) is 8.90. The number of thioether (sulfide) groups is 1. The van der Waals surface area contributed by atoms with Crippen molar-refractivity contribution >= 4 is 23.6 Å². The van der Waals surface area contributed by atoms with Crippen LogP contribution in [0.1, 0.15) is 30.5 Å². The minimum Gasteiger partial charge on any atom is -0.355 e. The Morgan fingerprint density at radius 2 is 1.85 bits per heavy atom. The molecule has 2 aromatic rings. The number of fused-ring (bicyclic) bond motifs is 1. The lowest BCUT2D eigenvalue weighted by atomic mass is 9.90. The molecular weight excluding hydrogens is 344 g/mol. The molecular formula is C21H24N2O2S. The van der Waals surface area contributed by atoms with E-state index in [-0.39, 0.29) is 17.9 Å². The van der Waals surface area contributed by atoms with Gasteiger partial charge in [-0.3, -0.25) is 9.59 Å². The van der Waals surface area contributed by atoms with E-state index < -0.39 is 0 Å². The number of rotatable bonds is 6. The molecule has 1 unspecified atom stereocenters. The lowest BCUT2D eigenvalue weighted by Crippen LogP contribution is -2.41. The van der Waals surface area contributed by atoms with Crippen LogP contribution in [-0.2, 0) is 16.0 Å². The topological polar surface area (TPSA) is 49.4 Å². The van der Waals surface area contributed by atoms with Crippen molar-refractivity contribution in [1.82, 2.24) is 10.2 Å². The summed E-state index contributed by atoms with van der Waals surface area (Å²) in [7, 11) is 0. The van der Waals surface area contributed by atoms with E-state index in [0.717, 1.165) is 17.7 Å². The van der Waals surface area contributed by atoms with Gasteiger partial charge in [-0.25, -0.2) is 0 Å². The zero-order chi connectivity index (χ0) is 18.4. The van der Waals surface area contributed by atoms with Crippen molar-refractivity contribution in [2.45, 2.75) is 30.7 Å². The van der Waals surface area contributed by atoms with Gasteiger partial charge in [0.25, 0.3) is 0 Å². The van der Waals surface area contributed by atoms with Crippen LogP contribution in [0.5, 0.6) is 0 Å². The van der Waals surface area contributed by atoms with Crippen molar-refractivity contribution < 1.29 is 9.59 Å². The highest BCUT2D eigenvalue weighted by Crippen LogP contribution is 2.32. The number of hydrogen-bond donors (Lipinski definition) is 1. The molecule has 136 valence electrons. The Morgan fingerprint density at radius 3 is 2.62 bits per heavy atom. The third-order valence-electron chi connectivity index (χ3n) is 4.63. The smallest absolute Gasteiger partial charge is 0.222 e. The molecule has 0 saturated carbocycles. The maximum atomic E-state index is 12.4. The summed E-state index contributed by atoms with van der Waals surface area (Å²) in [5, 5.41) is 2.99. The molecule has 0 spiro atoms. The highest BCUT2D eigenvalue weighted by molar-refractivity contribution is 7.99. The summed E-state index contributed by atoms with van der Waals surface area (Å²) in [4.78, 5) is 27.5. The van der Waals surface area contributed by atoms with Crippen molar-refractivity contribution in [2.24, 2.45) is 0 Å². The first-order valence-corrected chi connectivity index (χ1v) is 9.93. The van der Waals surface area contributed by atoms with Gasteiger partial charge in [0.15, 0.2) is 0 Å². The van der Waals surface area contributed by atoms with Crippen molar-refractivity contribution in [2.75, 3.05) is 18.8 Å². The molecule has 5 heteroatoms. The number of amides is 2. The van der Waals surface area contributed by atoms with Gasteiger partial charge in [0.2, 0.25) is 11.8 Å². The fourth-order valence-electron chi connectivity index (χ4n) is 3.37. The minimum absolute atomic E-state index is 0.00776. The van der Waals surface area contributed by atoms with Gasteiger partial charge in [-0.05, 0) is 29.7 Å². The second-order valence-corrected chi connectivity index (χ2v) is 7.56. The first kappa shape index (κ1) is 18.5. The van der Waals surface area contributed by atoms with Crippen LogP contribution in [0.3, 0.4) is 0 Å². The number of nitrogens with zero attached hydrogens (tertiary/aromatic N) is 1. The minimum atomic E-state index is -0.167. The number of nitrogens with one attached hydrogen (secondary N) is 1. The molecule has 2 aromatic carbocycles. The Balaban J connectivity index is 1.55. The summed E-state index contributed by atoms with van der Waals surface area (Å²) in [6.45, 7) is 2.87. The lowest BCUT2D eigenvalue weighted by molar-refractivity contribution is -0.133. The van der Waals surface area contributed by atoms with Gasteiger partial charge in [-0.2, -0.15) is 0 Å². The third-order valence-corrected chi connectivity index (χ3v) is 5.65. The van der Waals surface area contributed by atoms with Gasteiger partial charge in [-0.15, -0.1) is 11.8 Å². The van der Waals surface area contributed by atoms with Crippen molar-refractivity contribution in [1.29, 1.82) is 0 Å². The molecule has 1 aliphatic heterocycles. The Morgan fingerprint density at radius 1 is 1.12 bits per heavy atom. The number of carbonyl (C=O) groups excluding carboxylic acids is 2. The zero-order valence-electron chi connectivity index (χ0n) is 15.0. The van der Waals surface area contributed by atoms with E-state index in [9.17, 15) is 9.59 Å². The highest BCUT2D eigenvalue weighted by Gasteiger charge is 2.30. The van der Waals surface area contributed by atoms with E-state index in [2.05, 4.69) is 23.5 Å². The fourth-order valence-corrected chi connectivity index (χ4v) is 4.16. The van der Waals surface area contributed by atoms with Gasteiger partial charge in [-0.1, -0.05) is 42.5 Å². The summed E-state index contributed by atoms with van der Waals surface area (Å²) >= 11 is 1.72. The van der Waals surface area contributed by atoms with Crippen LogP contribution in [0.2, 0.25) is 0 Å². The average molecular weight is 369 g/mol. The molecule has 2 amide bonds. The molecule has 4 nitrogen and oxygen atoms in total. The number of benzene rings is 2. The van der Waals surface area contributed by atoms with Gasteiger partial charge in [0.05, 0.1) is 12.5 Å². The standard InChI is InChI=1S/C21H24N2O2S/c1-16(24)23-13-11-17-7-5-6-10-19(17)20(23)15-21(25)22-12-14-26-18-8-3-2-4-9-18/h2-10,20H,11-15H2,1H3,(H,22,25). The average Bonchev–Trinajstić information content (AvgIpc) is 2.66. The largest absolute Gasteiger partial charge is 0.355 e. The van der Waals surface area contributed by atoms with Crippen LogP contribution >= 0.6 is 11.8 Å². The molecule has 1 aliphatic rings. The second-order valence-electron chi connectivity index (χ2n) is 6.39. The van der Waals surface area contributed by atoms with Crippen molar-refractivity contribution in [3.63, 3.8) is 0 Å². The summed E-state index contributed by atoms with van der Waals surface area (Å²) in [5.74, 6) is 0.844. The first-order valence-electron chi connectivity index (χ1n) is 8.94. The molecule has 1 atom stereocenters. The highest BCUT2D eigenvalue weighted by atomic mass is 32.2. The van der Waals surface area contributed by atoms with Crippen LogP contribution in [-0.4, -0.2) is 35.6 Å². The van der Waals surface area contributed by atoms with Crippen LogP contribution in [0.4, 0.5) is 0 Å². The molecule has 3 rings (SSSR count). The van der Waals surface area contributed by atoms with Crippen LogP contribution in [0.15, 0.2) is 59.5 Å². The maximum Gasteiger partial charge on any atom is 0.222 e. The number of carbonyl (C=O) groups is 2. The molecule has 0 bridgehead atoms. The Bertz CT molecular complexity index is 764. The van der Waals surface area contributed by atoms with Gasteiger partial charge >= 0.3 is 0 Å². The molecule has 0 aliphatic carbocycles. The Hall–Kier alpha value is -2.27. The van der Waals surface area contributed by atoms with E-state index in [4.69, 9.17) is 0 Å². The van der Waals surface area contributed by atoms with E-state index in [1.165, 1.54) is 10.5 Å². The molecule has 1 heterocycles. The maximum absolute atomic E-state index is 12.4. The molecule has 1 N–H and O–H groups in total. The SMILES string of the molecule is CC(=O)N1CCc2ccccc2C1CC(=O)NCCSc1ccccc1. The first-order chi connectivity index (χ1) is 12.6. The van der Waals surface area contributed by atoms with E-state index in [0.29, 0.717) is 19.5 Å². The normalized spacial score (nSPS) is 16.0. The Kier molecular flexibility index (Phi) is 6.34. The summed E-state index contributed by atoms with van der Waals surface area (Å²) in [6, 6.07) is 18.1. The molecule has 0 fully saturated rings. The van der Waals surface area contributed by atoms with E-state index in [1.807, 2.05) is 41.3 Å². The predicted molar refractivity (Wildman–Crippen MR) is 105 cm³/mol. The third kappa shape index (κ3) is 4.67. The summed E-state index contributed by atoms with van der Waals surface area (Å²) < 4.78 is 0. The summed E-state index contributed by atoms with van der Waals surface area (Å²) in [5.41, 5.74) is 2.34. The number of hydrogen-bond acceptors (Lipinski definition) is 3. The van der Waals surface area contributed by atoms with E-state index >= 15 is 0 Å². The van der Waals surface area contributed by atoms with Crippen LogP contribution in [0.25, 0.3) is 0 Å². The van der Waals surface area contributed by atoms with E-state index in [1.54, 1.807) is 18.7 Å². The Labute approximate surface area is 159 Å². The van der Waals surface area contributed by atoms with Crippen LogP contribution in [0, 0.1) is 0 Å². The lowest BCUT2D eigenvalue weighted by Gasteiger charge is -2.36. The monoisotopic (exact) mass is 368 g/mol. The van der Waals surface area contributed by atoms with Gasteiger partial charge < -0.3 is 10.2 Å². The zero-order valence-corrected chi connectivity index (χ0v) is 15.8. The van der Waals surface area contributed by atoms with Crippen molar-refractivity contribution in [3.05, 3.63) is 65.7 Å². The van der Waals surface area contributed by atoms with Crippen LogP contribution < -0.4 is 5.32 Å². The summed E-state index contributed by atoms with van der Waals surface area (Å²) in [6.07, 6.45) is 1.16. The van der Waals surface area contributed by atoms with Crippen molar-refractivity contribution in [3.8, 4) is 0 Å². The van der Waals surface area contributed by atoms with Gasteiger partial charge in [0, 0.05) is 30.7 Å². The van der Waals surface area contributed by atoms with Gasteiger partial charge in [0.1, 0.15) is 0 Å². The predicted octanol–water partition coefficient (Wildman–Crippen LogP) is 3.43. The molecule has 0 aromatic heterocycles.